The van der Waals surface area contributed by atoms with Crippen LogP contribution in [0, 0.1) is 0 Å². The highest BCUT2D eigenvalue weighted by Crippen LogP contribution is 2.25. The van der Waals surface area contributed by atoms with E-state index in [1.165, 1.54) is 25.0 Å². The van der Waals surface area contributed by atoms with E-state index < -0.39 is 5.97 Å². The van der Waals surface area contributed by atoms with Crippen molar-refractivity contribution in [1.29, 1.82) is 0 Å². The molecular weight excluding hydrogens is 294 g/mol. The molecular formula is C18H15NO4. The first kappa shape index (κ1) is 14.8. The molecule has 0 bridgehead atoms. The van der Waals surface area contributed by atoms with E-state index >= 15 is 0 Å². The SMILES string of the molecule is COC(=O)c1cn(C(=O)c2ccccc2OC)c2ccccc12. The average molecular weight is 309 g/mol. The smallest absolute Gasteiger partial charge is 0.340 e. The predicted molar refractivity (Wildman–Crippen MR) is 86.0 cm³/mol. The largest absolute Gasteiger partial charge is 0.496 e. The number of rotatable bonds is 3. The number of esters is 1. The number of carbonyl (C=O) groups excluding carboxylic acids is 2. The summed E-state index contributed by atoms with van der Waals surface area (Å²) >= 11 is 0. The Bertz CT molecular complexity index is 895. The molecule has 2 aromatic carbocycles. The van der Waals surface area contributed by atoms with Gasteiger partial charge in [0.05, 0.1) is 30.9 Å². The molecule has 0 fully saturated rings. The number of nitrogens with zero attached hydrogens (tertiary/aromatic N) is 1. The van der Waals surface area contributed by atoms with Gasteiger partial charge in [-0.05, 0) is 18.2 Å². The van der Waals surface area contributed by atoms with E-state index in [4.69, 9.17) is 9.47 Å². The summed E-state index contributed by atoms with van der Waals surface area (Å²) in [7, 11) is 2.83. The molecule has 23 heavy (non-hydrogen) atoms. The summed E-state index contributed by atoms with van der Waals surface area (Å²) in [5, 5.41) is 0.669. The lowest BCUT2D eigenvalue weighted by Crippen LogP contribution is -2.12. The van der Waals surface area contributed by atoms with Crippen LogP contribution in [0.3, 0.4) is 0 Å². The monoisotopic (exact) mass is 309 g/mol. The molecule has 5 heteroatoms. The first-order valence-corrected chi connectivity index (χ1v) is 7.03. The zero-order chi connectivity index (χ0) is 16.4. The van der Waals surface area contributed by atoms with E-state index in [0.717, 1.165) is 0 Å². The summed E-state index contributed by atoms with van der Waals surface area (Å²) in [6.07, 6.45) is 1.51. The van der Waals surface area contributed by atoms with Gasteiger partial charge in [0.15, 0.2) is 0 Å². The molecule has 0 unspecified atom stereocenters. The van der Waals surface area contributed by atoms with Crippen LogP contribution in [0.4, 0.5) is 0 Å². The fourth-order valence-electron chi connectivity index (χ4n) is 2.57. The Morgan fingerprint density at radius 2 is 1.61 bits per heavy atom. The lowest BCUT2D eigenvalue weighted by Gasteiger charge is -2.08. The molecule has 3 rings (SSSR count). The molecule has 1 heterocycles. The molecule has 1 aromatic heterocycles. The molecule has 0 N–H and O–H groups in total. The number of methoxy groups -OCH3 is 2. The number of hydrogen-bond acceptors (Lipinski definition) is 4. The molecule has 0 aliphatic heterocycles. The lowest BCUT2D eigenvalue weighted by atomic mass is 10.1. The molecule has 0 aliphatic rings. The third-order valence-corrected chi connectivity index (χ3v) is 3.67. The van der Waals surface area contributed by atoms with Crippen molar-refractivity contribution in [2.45, 2.75) is 0 Å². The van der Waals surface area contributed by atoms with Crippen LogP contribution in [0.2, 0.25) is 0 Å². The average Bonchev–Trinajstić information content (AvgIpc) is 3.00. The third kappa shape index (κ3) is 2.46. The molecule has 0 aliphatic carbocycles. The van der Waals surface area contributed by atoms with Crippen molar-refractivity contribution >= 4 is 22.8 Å². The topological polar surface area (TPSA) is 57.5 Å². The van der Waals surface area contributed by atoms with Gasteiger partial charge in [0.1, 0.15) is 5.75 Å². The van der Waals surface area contributed by atoms with Gasteiger partial charge in [-0.25, -0.2) is 4.79 Å². The summed E-state index contributed by atoms with van der Waals surface area (Å²) < 4.78 is 11.5. The van der Waals surface area contributed by atoms with Crippen molar-refractivity contribution in [1.82, 2.24) is 4.57 Å². The molecule has 116 valence electrons. The van der Waals surface area contributed by atoms with Crippen LogP contribution in [-0.2, 0) is 4.74 Å². The third-order valence-electron chi connectivity index (χ3n) is 3.67. The van der Waals surface area contributed by atoms with E-state index in [2.05, 4.69) is 0 Å². The Hall–Kier alpha value is -3.08. The van der Waals surface area contributed by atoms with Crippen LogP contribution >= 0.6 is 0 Å². The second-order valence-electron chi connectivity index (χ2n) is 4.93. The lowest BCUT2D eigenvalue weighted by molar-refractivity contribution is 0.0603. The molecule has 0 saturated heterocycles. The number of ether oxygens (including phenoxy) is 2. The second-order valence-corrected chi connectivity index (χ2v) is 4.93. The fourth-order valence-corrected chi connectivity index (χ4v) is 2.57. The van der Waals surface area contributed by atoms with E-state index in [1.54, 1.807) is 36.4 Å². The Labute approximate surface area is 133 Å². The summed E-state index contributed by atoms with van der Waals surface area (Å²) in [5.74, 6) is -0.267. The Kier molecular flexibility index (Phi) is 3.85. The highest BCUT2D eigenvalue weighted by atomic mass is 16.5. The minimum Gasteiger partial charge on any atom is -0.496 e. The minimum atomic E-state index is -0.479. The maximum absolute atomic E-state index is 12.9. The van der Waals surface area contributed by atoms with Crippen LogP contribution in [0.25, 0.3) is 10.9 Å². The standard InChI is InChI=1S/C18H15NO4/c1-22-16-10-6-4-8-13(16)17(20)19-11-14(18(21)23-2)12-7-3-5-9-15(12)19/h3-11H,1-2H3. The number of para-hydroxylation sites is 2. The second kappa shape index (κ2) is 5.96. The van der Waals surface area contributed by atoms with Crippen molar-refractivity contribution in [2.75, 3.05) is 14.2 Å². The van der Waals surface area contributed by atoms with Crippen molar-refractivity contribution in [3.8, 4) is 5.75 Å². The Morgan fingerprint density at radius 3 is 2.35 bits per heavy atom. The van der Waals surface area contributed by atoms with Gasteiger partial charge in [0.2, 0.25) is 0 Å². The molecule has 0 saturated carbocycles. The number of hydrogen-bond donors (Lipinski definition) is 0. The van der Waals surface area contributed by atoms with Crippen LogP contribution in [-0.4, -0.2) is 30.7 Å². The van der Waals surface area contributed by atoms with Crippen molar-refractivity contribution in [3.63, 3.8) is 0 Å². The van der Waals surface area contributed by atoms with Gasteiger partial charge >= 0.3 is 5.97 Å². The van der Waals surface area contributed by atoms with Gasteiger partial charge in [-0.1, -0.05) is 30.3 Å². The van der Waals surface area contributed by atoms with Gasteiger partial charge < -0.3 is 9.47 Å². The van der Waals surface area contributed by atoms with Gasteiger partial charge in [0.25, 0.3) is 5.91 Å². The predicted octanol–water partition coefficient (Wildman–Crippen LogP) is 3.13. The van der Waals surface area contributed by atoms with Crippen LogP contribution in [0.5, 0.6) is 5.75 Å². The minimum absolute atomic E-state index is 0.270. The Morgan fingerprint density at radius 1 is 0.913 bits per heavy atom. The van der Waals surface area contributed by atoms with E-state index in [1.807, 2.05) is 12.1 Å². The normalized spacial score (nSPS) is 10.5. The van der Waals surface area contributed by atoms with Gasteiger partial charge in [-0.15, -0.1) is 0 Å². The Balaban J connectivity index is 2.20. The van der Waals surface area contributed by atoms with Crippen molar-refractivity contribution in [2.24, 2.45) is 0 Å². The highest BCUT2D eigenvalue weighted by Gasteiger charge is 2.21. The molecule has 0 atom stereocenters. The molecule has 5 nitrogen and oxygen atoms in total. The number of carbonyl (C=O) groups is 2. The number of benzene rings is 2. The summed E-state index contributed by atoms with van der Waals surface area (Å²) in [4.78, 5) is 24.8. The summed E-state index contributed by atoms with van der Waals surface area (Å²) in [5.41, 5.74) is 1.42. The van der Waals surface area contributed by atoms with Gasteiger partial charge in [-0.3, -0.25) is 9.36 Å². The van der Waals surface area contributed by atoms with Gasteiger partial charge in [0, 0.05) is 11.6 Å². The highest BCUT2D eigenvalue weighted by molar-refractivity contribution is 6.10. The summed E-state index contributed by atoms with van der Waals surface area (Å²) in [6, 6.07) is 14.2. The molecule has 3 aromatic rings. The zero-order valence-electron chi connectivity index (χ0n) is 12.8. The maximum atomic E-state index is 12.9. The maximum Gasteiger partial charge on any atom is 0.340 e. The first-order chi connectivity index (χ1) is 11.2. The van der Waals surface area contributed by atoms with Crippen LogP contribution in [0.1, 0.15) is 20.7 Å². The fraction of sp³-hybridized carbons (Fsp3) is 0.111. The quantitative estimate of drug-likeness (QED) is 0.698. The van der Waals surface area contributed by atoms with E-state index in [9.17, 15) is 9.59 Å². The number of fused-ring (bicyclic) bond motifs is 1. The zero-order valence-corrected chi connectivity index (χ0v) is 12.8. The summed E-state index contributed by atoms with van der Waals surface area (Å²) in [6.45, 7) is 0. The van der Waals surface area contributed by atoms with Crippen LogP contribution < -0.4 is 4.74 Å². The number of aromatic nitrogens is 1. The first-order valence-electron chi connectivity index (χ1n) is 7.03. The molecule has 0 amide bonds. The van der Waals surface area contributed by atoms with Gasteiger partial charge in [-0.2, -0.15) is 0 Å². The molecule has 0 spiro atoms. The molecule has 0 radical (unpaired) electrons. The van der Waals surface area contributed by atoms with Crippen molar-refractivity contribution in [3.05, 3.63) is 65.9 Å². The van der Waals surface area contributed by atoms with E-state index in [0.29, 0.717) is 27.8 Å². The van der Waals surface area contributed by atoms with Crippen LogP contribution in [0.15, 0.2) is 54.7 Å². The van der Waals surface area contributed by atoms with Crippen molar-refractivity contribution < 1.29 is 19.1 Å². The van der Waals surface area contributed by atoms with E-state index in [-0.39, 0.29) is 5.91 Å².